The maximum Gasteiger partial charge on any atom is 0.322 e. The van der Waals surface area contributed by atoms with Gasteiger partial charge in [-0.05, 0) is 0 Å². The van der Waals surface area contributed by atoms with Gasteiger partial charge in [-0.25, -0.2) is 4.98 Å². The van der Waals surface area contributed by atoms with Crippen LogP contribution in [-0.2, 0) is 5.41 Å². The largest absolute Gasteiger partial charge is 0.408 e. The van der Waals surface area contributed by atoms with E-state index in [4.69, 9.17) is 4.42 Å². The Balaban J connectivity index is 2.12. The predicted octanol–water partition coefficient (Wildman–Crippen LogP) is 1.05. The Kier molecular flexibility index (Phi) is 2.85. The van der Waals surface area contributed by atoms with Gasteiger partial charge in [-0.2, -0.15) is 0 Å². The maximum absolute atomic E-state index is 11.8. The minimum atomic E-state index is -0.495. The highest BCUT2D eigenvalue weighted by molar-refractivity contribution is 6.00. The summed E-state index contributed by atoms with van der Waals surface area (Å²) in [7, 11) is 0. The number of rotatable bonds is 2. The lowest BCUT2D eigenvalue weighted by Gasteiger charge is -2.12. The van der Waals surface area contributed by atoms with E-state index in [0.29, 0.717) is 11.7 Å². The van der Waals surface area contributed by atoms with Gasteiger partial charge < -0.3 is 4.42 Å². The van der Waals surface area contributed by atoms with Crippen LogP contribution in [0.5, 0.6) is 0 Å². The van der Waals surface area contributed by atoms with Crippen LogP contribution in [-0.4, -0.2) is 31.3 Å². The van der Waals surface area contributed by atoms with Gasteiger partial charge in [0.05, 0.1) is 0 Å². The van der Waals surface area contributed by atoms with Crippen LogP contribution in [0.1, 0.15) is 43.1 Å². The van der Waals surface area contributed by atoms with Gasteiger partial charge in [-0.1, -0.05) is 25.9 Å². The number of aromatic amines is 1. The fourth-order valence-electron chi connectivity index (χ4n) is 1.20. The summed E-state index contributed by atoms with van der Waals surface area (Å²) >= 11 is 0. The first-order valence-corrected chi connectivity index (χ1v) is 5.40. The van der Waals surface area contributed by atoms with E-state index in [1.807, 2.05) is 20.8 Å². The Bertz CT molecular complexity index is 565. The smallest absolute Gasteiger partial charge is 0.322 e. The molecule has 0 atom stereocenters. The first-order valence-electron chi connectivity index (χ1n) is 5.40. The Morgan fingerprint density at radius 1 is 1.33 bits per heavy atom. The standard InChI is InChI=1S/C10H14N6O2/c1-5-13-16-9(18-5)12-7(17)6-11-8(15-14-6)10(2,3)4/h1-4H3,(H,11,14,15)(H,12,16,17). The zero-order valence-corrected chi connectivity index (χ0v) is 10.6. The number of anilines is 1. The number of H-pyrrole nitrogens is 1. The summed E-state index contributed by atoms with van der Waals surface area (Å²) in [6, 6.07) is 0.0274. The van der Waals surface area contributed by atoms with Crippen LogP contribution >= 0.6 is 0 Å². The topological polar surface area (TPSA) is 110 Å². The average Bonchev–Trinajstić information content (AvgIpc) is 2.85. The van der Waals surface area contributed by atoms with Crippen molar-refractivity contribution in [1.29, 1.82) is 0 Å². The van der Waals surface area contributed by atoms with Crippen molar-refractivity contribution in [3.05, 3.63) is 17.5 Å². The number of nitrogens with zero attached hydrogens (tertiary/aromatic N) is 4. The minimum absolute atomic E-state index is 0.0274. The Hall–Kier alpha value is -2.25. The fraction of sp³-hybridized carbons (Fsp3) is 0.500. The highest BCUT2D eigenvalue weighted by Gasteiger charge is 2.22. The van der Waals surface area contributed by atoms with Crippen LogP contribution in [0.2, 0.25) is 0 Å². The molecule has 0 saturated carbocycles. The molecule has 0 aliphatic rings. The van der Waals surface area contributed by atoms with Gasteiger partial charge in [0.25, 0.3) is 5.91 Å². The number of amides is 1. The van der Waals surface area contributed by atoms with E-state index in [1.165, 1.54) is 0 Å². The van der Waals surface area contributed by atoms with E-state index in [1.54, 1.807) is 6.92 Å². The van der Waals surface area contributed by atoms with Gasteiger partial charge in [0.15, 0.2) is 0 Å². The number of nitrogens with one attached hydrogen (secondary N) is 2. The molecule has 0 aliphatic carbocycles. The third kappa shape index (κ3) is 2.53. The van der Waals surface area contributed by atoms with Crippen molar-refractivity contribution in [3.63, 3.8) is 0 Å². The molecule has 2 N–H and O–H groups in total. The van der Waals surface area contributed by atoms with Crippen molar-refractivity contribution < 1.29 is 9.21 Å². The normalized spacial score (nSPS) is 11.6. The number of carbonyl (C=O) groups is 1. The molecule has 0 aliphatic heterocycles. The van der Waals surface area contributed by atoms with Crippen molar-refractivity contribution in [2.45, 2.75) is 33.1 Å². The van der Waals surface area contributed by atoms with E-state index in [0.717, 1.165) is 0 Å². The summed E-state index contributed by atoms with van der Waals surface area (Å²) in [5, 5.41) is 16.2. The van der Waals surface area contributed by atoms with E-state index >= 15 is 0 Å². The molecule has 0 bridgehead atoms. The van der Waals surface area contributed by atoms with Crippen molar-refractivity contribution in [3.8, 4) is 0 Å². The molecule has 0 spiro atoms. The van der Waals surface area contributed by atoms with E-state index in [-0.39, 0.29) is 17.3 Å². The molecule has 0 unspecified atom stereocenters. The van der Waals surface area contributed by atoms with E-state index in [2.05, 4.69) is 30.7 Å². The van der Waals surface area contributed by atoms with Crippen LogP contribution in [0.3, 0.4) is 0 Å². The van der Waals surface area contributed by atoms with Gasteiger partial charge >= 0.3 is 6.01 Å². The van der Waals surface area contributed by atoms with Crippen molar-refractivity contribution in [2.75, 3.05) is 5.32 Å². The molecule has 0 fully saturated rings. The molecule has 2 aromatic heterocycles. The third-order valence-corrected chi connectivity index (χ3v) is 2.15. The first-order chi connectivity index (χ1) is 8.36. The summed E-state index contributed by atoms with van der Waals surface area (Å²) in [5.41, 5.74) is -0.202. The maximum atomic E-state index is 11.8. The summed E-state index contributed by atoms with van der Waals surface area (Å²) in [5.74, 6) is 0.547. The molecule has 2 rings (SSSR count). The molecule has 8 heteroatoms. The number of hydrogen-bond donors (Lipinski definition) is 2. The summed E-state index contributed by atoms with van der Waals surface area (Å²) in [6.07, 6.45) is 0. The zero-order valence-electron chi connectivity index (χ0n) is 10.6. The van der Waals surface area contributed by atoms with Crippen molar-refractivity contribution in [1.82, 2.24) is 25.4 Å². The fourth-order valence-corrected chi connectivity index (χ4v) is 1.20. The second-order valence-corrected chi connectivity index (χ2v) is 4.84. The Morgan fingerprint density at radius 2 is 2.06 bits per heavy atom. The number of carbonyl (C=O) groups excluding carboxylic acids is 1. The lowest BCUT2D eigenvalue weighted by Crippen LogP contribution is -2.16. The zero-order chi connectivity index (χ0) is 13.3. The Morgan fingerprint density at radius 3 is 2.56 bits per heavy atom. The molecule has 2 heterocycles. The van der Waals surface area contributed by atoms with Crippen LogP contribution in [0, 0.1) is 6.92 Å². The second kappa shape index (κ2) is 4.21. The van der Waals surface area contributed by atoms with Crippen LogP contribution in [0.25, 0.3) is 0 Å². The highest BCUT2D eigenvalue weighted by atomic mass is 16.4. The van der Waals surface area contributed by atoms with Gasteiger partial charge in [0, 0.05) is 12.3 Å². The van der Waals surface area contributed by atoms with E-state index in [9.17, 15) is 4.79 Å². The number of aromatic nitrogens is 5. The molecule has 18 heavy (non-hydrogen) atoms. The monoisotopic (exact) mass is 250 g/mol. The molecule has 96 valence electrons. The van der Waals surface area contributed by atoms with Gasteiger partial charge in [-0.3, -0.25) is 15.2 Å². The first kappa shape index (κ1) is 12.2. The molecular weight excluding hydrogens is 236 g/mol. The summed E-state index contributed by atoms with van der Waals surface area (Å²) in [6.45, 7) is 7.54. The van der Waals surface area contributed by atoms with Crippen LogP contribution in [0.15, 0.2) is 4.42 Å². The van der Waals surface area contributed by atoms with Gasteiger partial charge in [0.1, 0.15) is 5.82 Å². The molecule has 1 amide bonds. The highest BCUT2D eigenvalue weighted by Crippen LogP contribution is 2.17. The third-order valence-electron chi connectivity index (χ3n) is 2.15. The molecular formula is C10H14N6O2. The second-order valence-electron chi connectivity index (χ2n) is 4.84. The molecule has 0 radical (unpaired) electrons. The minimum Gasteiger partial charge on any atom is -0.408 e. The Labute approximate surface area is 103 Å². The predicted molar refractivity (Wildman–Crippen MR) is 62.1 cm³/mol. The van der Waals surface area contributed by atoms with Crippen LogP contribution in [0.4, 0.5) is 6.01 Å². The quantitative estimate of drug-likeness (QED) is 0.824. The van der Waals surface area contributed by atoms with Gasteiger partial charge in [-0.15, -0.1) is 10.2 Å². The lowest BCUT2D eigenvalue weighted by molar-refractivity contribution is 0.101. The number of aryl methyl sites for hydroxylation is 1. The number of hydrogen-bond acceptors (Lipinski definition) is 6. The molecule has 0 aromatic carbocycles. The molecule has 8 nitrogen and oxygen atoms in total. The molecule has 0 saturated heterocycles. The average molecular weight is 250 g/mol. The summed E-state index contributed by atoms with van der Waals surface area (Å²) in [4.78, 5) is 15.9. The van der Waals surface area contributed by atoms with E-state index < -0.39 is 5.91 Å². The van der Waals surface area contributed by atoms with Crippen molar-refractivity contribution in [2.24, 2.45) is 0 Å². The van der Waals surface area contributed by atoms with Crippen molar-refractivity contribution >= 4 is 11.9 Å². The van der Waals surface area contributed by atoms with Gasteiger partial charge in [0.2, 0.25) is 11.7 Å². The van der Waals surface area contributed by atoms with Crippen LogP contribution < -0.4 is 5.32 Å². The lowest BCUT2D eigenvalue weighted by atomic mass is 9.96. The SMILES string of the molecule is Cc1nnc(NC(=O)c2n[nH]c(C(C)(C)C)n2)o1. The molecule has 2 aromatic rings. The summed E-state index contributed by atoms with van der Waals surface area (Å²) < 4.78 is 5.03.